The summed E-state index contributed by atoms with van der Waals surface area (Å²) < 4.78 is 0. The third-order valence-electron chi connectivity index (χ3n) is 8.41. The van der Waals surface area contributed by atoms with Gasteiger partial charge in [0, 0.05) is 71.3 Å². The van der Waals surface area contributed by atoms with Crippen LogP contribution in [-0.2, 0) is 0 Å². The molecule has 382 valence electrons. The number of nitrogens with one attached hydrogen (secondary N) is 3. The summed E-state index contributed by atoms with van der Waals surface area (Å²) in [5.41, 5.74) is 4.28. The number of imidazole rings is 1. The first-order valence-electron chi connectivity index (χ1n) is 25.8. The zero-order valence-electron chi connectivity index (χ0n) is 46.0. The first-order chi connectivity index (χ1) is 35.8. The SMILES string of the molecule is C1=CCN=C1.CC.CC.CC.CC.CC.CC.CC.c1c[nH]cn1.c1ccc2[nH]ccc2c1.c1ccc2ccccc2c1.c1ccc2ncccc2c1.c1ccc2ncccc2c1.c1cnc2[nH]ccc2c1. The van der Waals surface area contributed by atoms with E-state index in [0.717, 1.165) is 28.6 Å². The van der Waals surface area contributed by atoms with Gasteiger partial charge in [0.1, 0.15) is 5.65 Å². The molecule has 0 radical (unpaired) electrons. The van der Waals surface area contributed by atoms with E-state index >= 15 is 0 Å². The van der Waals surface area contributed by atoms with Crippen molar-refractivity contribution in [3.8, 4) is 0 Å². The van der Waals surface area contributed by atoms with E-state index in [1.54, 1.807) is 31.1 Å². The molecule has 8 nitrogen and oxygen atoms in total. The number of fused-ring (bicyclic) bond motifs is 5. The quantitative estimate of drug-likeness (QED) is 0.141. The largest absolute Gasteiger partial charge is 0.361 e. The van der Waals surface area contributed by atoms with Crippen LogP contribution in [0.2, 0.25) is 0 Å². The van der Waals surface area contributed by atoms with Gasteiger partial charge in [-0.05, 0) is 76.8 Å². The summed E-state index contributed by atoms with van der Waals surface area (Å²) in [5.74, 6) is 0. The molecule has 11 aromatic rings. The van der Waals surface area contributed by atoms with Gasteiger partial charge in [-0.25, -0.2) is 9.97 Å². The molecular formula is C64H86N8. The molecule has 5 aromatic carbocycles. The van der Waals surface area contributed by atoms with E-state index in [1.807, 2.05) is 213 Å². The van der Waals surface area contributed by atoms with E-state index < -0.39 is 0 Å². The van der Waals surface area contributed by atoms with Crippen LogP contribution >= 0.6 is 0 Å². The third-order valence-corrected chi connectivity index (χ3v) is 8.41. The zero-order valence-corrected chi connectivity index (χ0v) is 46.0. The van der Waals surface area contributed by atoms with Gasteiger partial charge in [0.25, 0.3) is 0 Å². The van der Waals surface area contributed by atoms with E-state index in [2.05, 4.69) is 131 Å². The predicted octanol–water partition coefficient (Wildman–Crippen LogP) is 19.3. The molecule has 72 heavy (non-hydrogen) atoms. The highest BCUT2D eigenvalue weighted by Gasteiger charge is 1.90. The molecular weight excluding hydrogens is 881 g/mol. The van der Waals surface area contributed by atoms with Gasteiger partial charge in [-0.2, -0.15) is 0 Å². The van der Waals surface area contributed by atoms with E-state index in [0.29, 0.717) is 0 Å². The molecule has 0 bridgehead atoms. The number of aromatic amines is 3. The lowest BCUT2D eigenvalue weighted by molar-refractivity contribution is 1.29. The molecule has 7 heterocycles. The van der Waals surface area contributed by atoms with Gasteiger partial charge >= 0.3 is 0 Å². The monoisotopic (exact) mass is 967 g/mol. The van der Waals surface area contributed by atoms with Crippen molar-refractivity contribution in [1.82, 2.24) is 34.9 Å². The van der Waals surface area contributed by atoms with Crippen LogP contribution in [0.1, 0.15) is 96.9 Å². The average Bonchev–Trinajstić information content (AvgIpc) is 4.39. The fraction of sp³-hybridized carbons (Fsp3) is 0.234. The van der Waals surface area contributed by atoms with Gasteiger partial charge < -0.3 is 15.0 Å². The second kappa shape index (κ2) is 49.5. The Morgan fingerprint density at radius 1 is 0.347 bits per heavy atom. The lowest BCUT2D eigenvalue weighted by atomic mass is 10.1. The van der Waals surface area contributed by atoms with Crippen LogP contribution in [0.25, 0.3) is 54.5 Å². The van der Waals surface area contributed by atoms with Gasteiger partial charge in [0.15, 0.2) is 0 Å². The minimum absolute atomic E-state index is 0.889. The van der Waals surface area contributed by atoms with Crippen LogP contribution in [0.4, 0.5) is 0 Å². The Kier molecular flexibility index (Phi) is 45.4. The Bertz CT molecular complexity index is 2340. The van der Waals surface area contributed by atoms with E-state index in [4.69, 9.17) is 0 Å². The molecule has 1 aliphatic rings. The Morgan fingerprint density at radius 2 is 0.750 bits per heavy atom. The number of hydrogen-bond acceptors (Lipinski definition) is 5. The van der Waals surface area contributed by atoms with Crippen molar-refractivity contribution in [3.63, 3.8) is 0 Å². The molecule has 3 N–H and O–H groups in total. The van der Waals surface area contributed by atoms with Crippen molar-refractivity contribution in [2.75, 3.05) is 6.54 Å². The lowest BCUT2D eigenvalue weighted by Crippen LogP contribution is -1.73. The van der Waals surface area contributed by atoms with Crippen LogP contribution < -0.4 is 0 Å². The molecule has 12 rings (SSSR count). The maximum Gasteiger partial charge on any atom is 0.137 e. The number of pyridine rings is 3. The Balaban J connectivity index is 0. The molecule has 0 fully saturated rings. The van der Waals surface area contributed by atoms with E-state index in [9.17, 15) is 0 Å². The maximum absolute atomic E-state index is 4.18. The van der Waals surface area contributed by atoms with Gasteiger partial charge in [-0.15, -0.1) is 0 Å². The van der Waals surface area contributed by atoms with Crippen molar-refractivity contribution in [2.45, 2.75) is 96.9 Å². The van der Waals surface area contributed by atoms with Crippen LogP contribution in [0, 0.1) is 0 Å². The van der Waals surface area contributed by atoms with Crippen molar-refractivity contribution < 1.29 is 0 Å². The minimum atomic E-state index is 0.889. The first-order valence-corrected chi connectivity index (χ1v) is 25.8. The fourth-order valence-electron chi connectivity index (χ4n) is 5.56. The molecule has 8 heteroatoms. The number of allylic oxidation sites excluding steroid dienone is 1. The molecule has 6 aromatic heterocycles. The first kappa shape index (κ1) is 66.1. The second-order valence-corrected chi connectivity index (χ2v) is 12.4. The van der Waals surface area contributed by atoms with Crippen LogP contribution in [0.3, 0.4) is 0 Å². The number of H-pyrrole nitrogens is 3. The summed E-state index contributed by atoms with van der Waals surface area (Å²) in [6.07, 6.45) is 20.1. The van der Waals surface area contributed by atoms with Crippen LogP contribution in [0.5, 0.6) is 0 Å². The Morgan fingerprint density at radius 3 is 1.12 bits per heavy atom. The topological polar surface area (TPSA) is 111 Å². The smallest absolute Gasteiger partial charge is 0.137 e. The van der Waals surface area contributed by atoms with Gasteiger partial charge in [0.05, 0.1) is 23.9 Å². The number of para-hydroxylation sites is 3. The third kappa shape index (κ3) is 28.5. The molecule has 0 aliphatic carbocycles. The van der Waals surface area contributed by atoms with E-state index in [-0.39, 0.29) is 0 Å². The van der Waals surface area contributed by atoms with Crippen molar-refractivity contribution in [1.29, 1.82) is 0 Å². The highest BCUT2D eigenvalue weighted by molar-refractivity contribution is 5.82. The normalized spacial score (nSPS) is 9.08. The molecule has 0 saturated carbocycles. The zero-order chi connectivity index (χ0) is 53.7. The average molecular weight is 967 g/mol. The number of benzene rings is 5. The molecule has 0 unspecified atom stereocenters. The number of aliphatic imine (C=N–C) groups is 1. The summed E-state index contributed by atoms with van der Waals surface area (Å²) in [5, 5.41) is 7.46. The highest BCUT2D eigenvalue weighted by Crippen LogP contribution is 2.12. The summed E-state index contributed by atoms with van der Waals surface area (Å²) >= 11 is 0. The van der Waals surface area contributed by atoms with Crippen molar-refractivity contribution in [2.24, 2.45) is 4.99 Å². The van der Waals surface area contributed by atoms with Crippen molar-refractivity contribution in [3.05, 3.63) is 232 Å². The standard InChI is InChI=1S/C10H8.2C9H7N.C8H7N.C7H6N2.C4H5N.C3H4N2.7C2H6/c1-2-6-10-8-4-3-7-9(10)5-1;2*1-2-6-9-8(4-1)5-3-7-10-9;1-2-4-8-7(3-1)5-6-9-8;1-2-6-3-5-9-7(6)8-4-1;1-2-4-5-3-1;1-2-5-3-4-1;7*1-2/h1-8H;2*1-7H;1-6,9H;1-5H,(H,8,9);1-3H,4H2;1-3H,(H,4,5);7*1-2H3. The number of nitrogens with zero attached hydrogens (tertiary/aromatic N) is 5. The van der Waals surface area contributed by atoms with Gasteiger partial charge in [-0.1, -0.05) is 218 Å². The number of rotatable bonds is 0. The molecule has 0 saturated heterocycles. The minimum Gasteiger partial charge on any atom is -0.361 e. The predicted molar refractivity (Wildman–Crippen MR) is 322 cm³/mol. The van der Waals surface area contributed by atoms with Gasteiger partial charge in [0.2, 0.25) is 0 Å². The lowest BCUT2D eigenvalue weighted by Gasteiger charge is -1.92. The Labute approximate surface area is 433 Å². The summed E-state index contributed by atoms with van der Waals surface area (Å²) in [6.45, 7) is 28.9. The maximum atomic E-state index is 4.18. The number of aromatic nitrogens is 7. The highest BCUT2D eigenvalue weighted by atomic mass is 14.8. The number of hydrogen-bond donors (Lipinski definition) is 3. The molecule has 0 amide bonds. The second-order valence-electron chi connectivity index (χ2n) is 12.4. The van der Waals surface area contributed by atoms with Gasteiger partial charge in [-0.3, -0.25) is 15.0 Å². The Hall–Kier alpha value is -7.97. The molecule has 1 aliphatic heterocycles. The van der Waals surface area contributed by atoms with Crippen LogP contribution in [0.15, 0.2) is 237 Å². The van der Waals surface area contributed by atoms with Crippen LogP contribution in [-0.4, -0.2) is 47.6 Å². The fourth-order valence-corrected chi connectivity index (χ4v) is 5.56. The van der Waals surface area contributed by atoms with E-state index in [1.165, 1.54) is 32.4 Å². The molecule has 0 atom stereocenters. The summed E-state index contributed by atoms with van der Waals surface area (Å²) in [4.78, 5) is 28.8. The summed E-state index contributed by atoms with van der Waals surface area (Å²) in [6, 6.07) is 57.1. The summed E-state index contributed by atoms with van der Waals surface area (Å²) in [7, 11) is 0. The molecule has 0 spiro atoms. The van der Waals surface area contributed by atoms with Crippen molar-refractivity contribution >= 4 is 60.7 Å².